The first-order valence-electron chi connectivity index (χ1n) is 11.3. The van der Waals surface area contributed by atoms with Gasteiger partial charge in [0.05, 0.1) is 11.6 Å². The second kappa shape index (κ2) is 8.86. The third-order valence-electron chi connectivity index (χ3n) is 6.01. The van der Waals surface area contributed by atoms with Crippen molar-refractivity contribution in [2.45, 2.75) is 12.3 Å². The number of nitrogens with zero attached hydrogens (tertiary/aromatic N) is 7. The number of nitrogen functional groups attached to an aromatic ring is 1. The normalized spacial score (nSPS) is 14.7. The first kappa shape index (κ1) is 20.8. The van der Waals surface area contributed by atoms with Gasteiger partial charge in [-0.15, -0.1) is 0 Å². The van der Waals surface area contributed by atoms with Gasteiger partial charge in [0, 0.05) is 30.4 Å². The molecule has 5 N–H and O–H groups in total. The maximum atomic E-state index is 5.92. The molecule has 0 amide bonds. The number of anilines is 6. The number of nitrogens with one attached hydrogen (secondary N) is 3. The van der Waals surface area contributed by atoms with E-state index in [1.807, 2.05) is 30.3 Å². The van der Waals surface area contributed by atoms with E-state index in [1.165, 1.54) is 5.56 Å². The van der Waals surface area contributed by atoms with E-state index in [1.54, 1.807) is 12.5 Å². The summed E-state index contributed by atoms with van der Waals surface area (Å²) in [6.45, 7) is 1.48. The molecule has 11 heteroatoms. The minimum Gasteiger partial charge on any atom is -0.368 e. The van der Waals surface area contributed by atoms with Crippen LogP contribution in [0, 0.1) is 0 Å². The van der Waals surface area contributed by atoms with Gasteiger partial charge in [-0.3, -0.25) is 5.10 Å². The number of para-hydroxylation sites is 2. The Bertz CT molecular complexity index is 1470. The predicted molar refractivity (Wildman–Crippen MR) is 135 cm³/mol. The van der Waals surface area contributed by atoms with Gasteiger partial charge in [0.15, 0.2) is 5.65 Å². The van der Waals surface area contributed by atoms with Gasteiger partial charge in [-0.25, -0.2) is 9.97 Å². The Hall–Kier alpha value is -4.80. The maximum Gasteiger partial charge on any atom is 0.233 e. The van der Waals surface area contributed by atoms with E-state index in [9.17, 15) is 0 Å². The fraction of sp³-hybridized carbons (Fsp3) is 0.167. The number of aromatic amines is 1. The molecule has 11 nitrogen and oxygen atoms in total. The van der Waals surface area contributed by atoms with Crippen LogP contribution in [0.3, 0.4) is 0 Å². The molecule has 35 heavy (non-hydrogen) atoms. The van der Waals surface area contributed by atoms with Crippen molar-refractivity contribution in [3.63, 3.8) is 0 Å². The number of aromatic nitrogens is 7. The molecule has 3 aromatic heterocycles. The summed E-state index contributed by atoms with van der Waals surface area (Å²) in [6.07, 6.45) is 4.22. The third kappa shape index (κ3) is 4.14. The monoisotopic (exact) mass is 465 g/mol. The number of benzene rings is 2. The van der Waals surface area contributed by atoms with Crippen LogP contribution in [-0.2, 0) is 0 Å². The molecule has 0 saturated carbocycles. The third-order valence-corrected chi connectivity index (χ3v) is 6.01. The first-order valence-corrected chi connectivity index (χ1v) is 11.3. The first-order chi connectivity index (χ1) is 17.2. The summed E-state index contributed by atoms with van der Waals surface area (Å²) in [6, 6.07) is 18.1. The summed E-state index contributed by atoms with van der Waals surface area (Å²) in [5, 5.41) is 14.4. The molecule has 1 atom stereocenters. The molecule has 6 rings (SSSR count). The number of H-pyrrole nitrogens is 1. The summed E-state index contributed by atoms with van der Waals surface area (Å²) < 4.78 is 0. The average molecular weight is 466 g/mol. The molecule has 1 unspecified atom stereocenters. The molecular formula is C24H23N11. The number of hydrogen-bond donors (Lipinski definition) is 4. The zero-order chi connectivity index (χ0) is 23.6. The van der Waals surface area contributed by atoms with Crippen LogP contribution < -0.4 is 21.3 Å². The number of nitrogens with two attached hydrogens (primary N) is 1. The second-order valence-corrected chi connectivity index (χ2v) is 8.24. The van der Waals surface area contributed by atoms with Crippen molar-refractivity contribution in [3.8, 4) is 0 Å². The van der Waals surface area contributed by atoms with Crippen LogP contribution in [-0.4, -0.2) is 48.2 Å². The molecule has 0 fully saturated rings. The van der Waals surface area contributed by atoms with E-state index < -0.39 is 0 Å². The van der Waals surface area contributed by atoms with E-state index in [0.29, 0.717) is 24.4 Å². The van der Waals surface area contributed by atoms with Crippen molar-refractivity contribution < 1.29 is 0 Å². The van der Waals surface area contributed by atoms with Crippen LogP contribution in [0.5, 0.6) is 0 Å². The summed E-state index contributed by atoms with van der Waals surface area (Å²) in [7, 11) is 0. The molecule has 0 radical (unpaired) electrons. The Morgan fingerprint density at radius 1 is 0.971 bits per heavy atom. The lowest BCUT2D eigenvalue weighted by atomic mass is 9.98. The summed E-state index contributed by atoms with van der Waals surface area (Å²) in [4.78, 5) is 24.0. The zero-order valence-corrected chi connectivity index (χ0v) is 18.8. The molecule has 1 aliphatic heterocycles. The summed E-state index contributed by atoms with van der Waals surface area (Å²) >= 11 is 0. The SMILES string of the molecule is Nc1nc(NCCC2CN(c3ncnc4[nH]ncc34)c3ccccc32)nc(Nc2ccccc2)n1. The Kier molecular flexibility index (Phi) is 5.26. The highest BCUT2D eigenvalue weighted by molar-refractivity contribution is 5.90. The van der Waals surface area contributed by atoms with Gasteiger partial charge in [0.25, 0.3) is 0 Å². The van der Waals surface area contributed by atoms with Crippen molar-refractivity contribution >= 4 is 46.1 Å². The van der Waals surface area contributed by atoms with E-state index in [-0.39, 0.29) is 5.95 Å². The van der Waals surface area contributed by atoms with Crippen molar-refractivity contribution in [2.75, 3.05) is 34.4 Å². The summed E-state index contributed by atoms with van der Waals surface area (Å²) in [5.41, 5.74) is 9.96. The summed E-state index contributed by atoms with van der Waals surface area (Å²) in [5.74, 6) is 2.16. The number of fused-ring (bicyclic) bond motifs is 2. The average Bonchev–Trinajstić information content (AvgIpc) is 3.50. The van der Waals surface area contributed by atoms with Gasteiger partial charge in [0.1, 0.15) is 12.1 Å². The second-order valence-electron chi connectivity index (χ2n) is 8.24. The highest BCUT2D eigenvalue weighted by Crippen LogP contribution is 2.42. The van der Waals surface area contributed by atoms with E-state index in [0.717, 1.165) is 41.2 Å². The van der Waals surface area contributed by atoms with Crippen molar-refractivity contribution in [1.82, 2.24) is 35.1 Å². The van der Waals surface area contributed by atoms with Crippen molar-refractivity contribution in [2.24, 2.45) is 0 Å². The fourth-order valence-electron chi connectivity index (χ4n) is 4.45. The molecule has 0 aliphatic carbocycles. The largest absolute Gasteiger partial charge is 0.368 e. The number of rotatable bonds is 7. The molecule has 0 bridgehead atoms. The van der Waals surface area contributed by atoms with Gasteiger partial charge in [-0.1, -0.05) is 36.4 Å². The smallest absolute Gasteiger partial charge is 0.233 e. The van der Waals surface area contributed by atoms with E-state index in [4.69, 9.17) is 5.73 Å². The van der Waals surface area contributed by atoms with E-state index >= 15 is 0 Å². The van der Waals surface area contributed by atoms with Gasteiger partial charge < -0.3 is 21.3 Å². The molecule has 0 spiro atoms. The predicted octanol–water partition coefficient (Wildman–Crippen LogP) is 3.60. The number of hydrogen-bond acceptors (Lipinski definition) is 10. The fourth-order valence-corrected chi connectivity index (χ4v) is 4.45. The lowest BCUT2D eigenvalue weighted by molar-refractivity contribution is 0.678. The molecule has 174 valence electrons. The minimum atomic E-state index is 0.159. The van der Waals surface area contributed by atoms with Crippen LogP contribution in [0.25, 0.3) is 11.0 Å². The van der Waals surface area contributed by atoms with Gasteiger partial charge in [-0.05, 0) is 30.2 Å². The van der Waals surface area contributed by atoms with Crippen LogP contribution in [0.15, 0.2) is 67.1 Å². The molecule has 5 aromatic rings. The minimum absolute atomic E-state index is 0.159. The topological polar surface area (TPSA) is 146 Å². The zero-order valence-electron chi connectivity index (χ0n) is 18.8. The van der Waals surface area contributed by atoms with Gasteiger partial charge in [0.2, 0.25) is 17.8 Å². The highest BCUT2D eigenvalue weighted by atomic mass is 15.3. The Balaban J connectivity index is 1.17. The molecule has 1 aliphatic rings. The van der Waals surface area contributed by atoms with Crippen molar-refractivity contribution in [3.05, 3.63) is 72.7 Å². The highest BCUT2D eigenvalue weighted by Gasteiger charge is 2.30. The standard InChI is InChI=1S/C24H23N11/c25-22-31-23(33-24(32-22)30-16-6-2-1-3-7-16)26-11-10-15-13-35(19-9-5-4-8-17(15)19)21-18-12-29-34-20(18)27-14-28-21/h1-9,12,14-15H,10-11,13H2,(H,27,28,29,34)(H4,25,26,30,31,32,33). The van der Waals surface area contributed by atoms with Crippen molar-refractivity contribution in [1.29, 1.82) is 0 Å². The maximum absolute atomic E-state index is 5.92. The van der Waals surface area contributed by atoms with Crippen LogP contribution in [0.2, 0.25) is 0 Å². The van der Waals surface area contributed by atoms with Crippen LogP contribution in [0.1, 0.15) is 17.9 Å². The molecule has 4 heterocycles. The van der Waals surface area contributed by atoms with Crippen LogP contribution >= 0.6 is 0 Å². The molecule has 2 aromatic carbocycles. The van der Waals surface area contributed by atoms with Gasteiger partial charge >= 0.3 is 0 Å². The lowest BCUT2D eigenvalue weighted by Gasteiger charge is -2.19. The quantitative estimate of drug-likeness (QED) is 0.281. The Morgan fingerprint density at radius 2 is 1.80 bits per heavy atom. The van der Waals surface area contributed by atoms with Crippen LogP contribution in [0.4, 0.5) is 35.0 Å². The lowest BCUT2D eigenvalue weighted by Crippen LogP contribution is -2.19. The van der Waals surface area contributed by atoms with Gasteiger partial charge in [-0.2, -0.15) is 20.1 Å². The Morgan fingerprint density at radius 3 is 2.71 bits per heavy atom. The molecule has 0 saturated heterocycles. The van der Waals surface area contributed by atoms with E-state index in [2.05, 4.69) is 74.9 Å². The molecular weight excluding hydrogens is 442 g/mol. The Labute approximate surface area is 200 Å².